The second kappa shape index (κ2) is 15.2. The van der Waals surface area contributed by atoms with Gasteiger partial charge in [0.25, 0.3) is 0 Å². The van der Waals surface area contributed by atoms with E-state index in [1.54, 1.807) is 0 Å². The normalized spacial score (nSPS) is 12.6. The fourth-order valence-electron chi connectivity index (χ4n) is 2.73. The number of pyridine rings is 1. The van der Waals surface area contributed by atoms with Gasteiger partial charge in [-0.05, 0) is 71.3 Å². The second-order valence-electron chi connectivity index (χ2n) is 6.53. The first-order valence-electron chi connectivity index (χ1n) is 9.77. The van der Waals surface area contributed by atoms with E-state index in [-0.39, 0.29) is 24.0 Å². The molecular formula is C20H38IN5. The van der Waals surface area contributed by atoms with Crippen LogP contribution in [0.15, 0.2) is 23.3 Å². The molecule has 0 saturated heterocycles. The van der Waals surface area contributed by atoms with Crippen LogP contribution < -0.4 is 10.6 Å². The molecule has 0 aliphatic carbocycles. The van der Waals surface area contributed by atoms with Crippen molar-refractivity contribution in [3.8, 4) is 0 Å². The molecule has 0 aliphatic rings. The number of aromatic nitrogens is 1. The van der Waals surface area contributed by atoms with Crippen molar-refractivity contribution >= 4 is 29.9 Å². The molecule has 0 bridgehead atoms. The summed E-state index contributed by atoms with van der Waals surface area (Å²) in [5, 5.41) is 6.87. The zero-order valence-corrected chi connectivity index (χ0v) is 19.5. The van der Waals surface area contributed by atoms with Crippen LogP contribution in [0.1, 0.15) is 51.8 Å². The van der Waals surface area contributed by atoms with Crippen LogP contribution in [0.25, 0.3) is 0 Å². The molecule has 0 saturated carbocycles. The van der Waals surface area contributed by atoms with Crippen molar-refractivity contribution in [2.75, 3.05) is 32.7 Å². The van der Waals surface area contributed by atoms with Crippen molar-refractivity contribution in [3.05, 3.63) is 29.6 Å². The SMILES string of the molecule is CCNC(=NCCc1ccc(C)nc1)NC(C)CCCN(CC)CC.I. The summed E-state index contributed by atoms with van der Waals surface area (Å²) in [6.45, 7) is 15.9. The van der Waals surface area contributed by atoms with Crippen molar-refractivity contribution in [1.82, 2.24) is 20.5 Å². The summed E-state index contributed by atoms with van der Waals surface area (Å²) in [7, 11) is 0. The maximum absolute atomic E-state index is 4.70. The Hall–Kier alpha value is -0.890. The van der Waals surface area contributed by atoms with Crippen molar-refractivity contribution in [1.29, 1.82) is 0 Å². The fraction of sp³-hybridized carbons (Fsp3) is 0.700. The summed E-state index contributed by atoms with van der Waals surface area (Å²) in [6.07, 6.45) is 5.23. The number of nitrogens with zero attached hydrogens (tertiary/aromatic N) is 3. The Bertz CT molecular complexity index is 485. The third kappa shape index (κ3) is 11.0. The first kappa shape index (κ1) is 25.1. The van der Waals surface area contributed by atoms with Gasteiger partial charge in [0, 0.05) is 31.0 Å². The van der Waals surface area contributed by atoms with Gasteiger partial charge in [-0.15, -0.1) is 24.0 Å². The summed E-state index contributed by atoms with van der Waals surface area (Å²) in [5.74, 6) is 0.915. The number of halogens is 1. The second-order valence-corrected chi connectivity index (χ2v) is 6.53. The summed E-state index contributed by atoms with van der Waals surface area (Å²) in [6, 6.07) is 4.61. The Morgan fingerprint density at radius 1 is 1.23 bits per heavy atom. The van der Waals surface area contributed by atoms with E-state index in [9.17, 15) is 0 Å². The van der Waals surface area contributed by atoms with Crippen LogP contribution in [0.2, 0.25) is 0 Å². The average Bonchev–Trinajstić information content (AvgIpc) is 2.60. The number of aliphatic imine (C=N–C) groups is 1. The van der Waals surface area contributed by atoms with Crippen LogP contribution >= 0.6 is 24.0 Å². The molecule has 0 spiro atoms. The number of rotatable bonds is 11. The van der Waals surface area contributed by atoms with E-state index in [2.05, 4.69) is 60.3 Å². The zero-order valence-electron chi connectivity index (χ0n) is 17.2. The summed E-state index contributed by atoms with van der Waals surface area (Å²) < 4.78 is 0. The largest absolute Gasteiger partial charge is 0.357 e. The highest BCUT2D eigenvalue weighted by Gasteiger charge is 2.06. The first-order chi connectivity index (χ1) is 12.1. The van der Waals surface area contributed by atoms with E-state index in [1.807, 2.05) is 13.1 Å². The lowest BCUT2D eigenvalue weighted by Crippen LogP contribution is -2.42. The van der Waals surface area contributed by atoms with Crippen molar-refractivity contribution in [2.45, 2.75) is 59.9 Å². The highest BCUT2D eigenvalue weighted by atomic mass is 127. The maximum Gasteiger partial charge on any atom is 0.191 e. The van der Waals surface area contributed by atoms with Gasteiger partial charge in [-0.3, -0.25) is 9.98 Å². The fourth-order valence-corrected chi connectivity index (χ4v) is 2.73. The molecular weight excluding hydrogens is 437 g/mol. The maximum atomic E-state index is 4.70. The van der Waals surface area contributed by atoms with E-state index >= 15 is 0 Å². The van der Waals surface area contributed by atoms with Gasteiger partial charge in [0.15, 0.2) is 5.96 Å². The Balaban J connectivity index is 0.00000625. The topological polar surface area (TPSA) is 52.6 Å². The van der Waals surface area contributed by atoms with Crippen molar-refractivity contribution in [2.24, 2.45) is 4.99 Å². The molecule has 5 nitrogen and oxygen atoms in total. The van der Waals surface area contributed by atoms with Crippen LogP contribution in [0, 0.1) is 6.92 Å². The average molecular weight is 475 g/mol. The quantitative estimate of drug-likeness (QED) is 0.292. The molecule has 0 radical (unpaired) electrons. The smallest absolute Gasteiger partial charge is 0.191 e. The summed E-state index contributed by atoms with van der Waals surface area (Å²) >= 11 is 0. The Kier molecular flexibility index (Phi) is 14.7. The molecule has 26 heavy (non-hydrogen) atoms. The van der Waals surface area contributed by atoms with E-state index in [4.69, 9.17) is 4.99 Å². The molecule has 2 N–H and O–H groups in total. The van der Waals surface area contributed by atoms with E-state index in [0.717, 1.165) is 50.7 Å². The molecule has 1 aromatic heterocycles. The lowest BCUT2D eigenvalue weighted by molar-refractivity contribution is 0.292. The molecule has 6 heteroatoms. The minimum Gasteiger partial charge on any atom is -0.357 e. The Labute approximate surface area is 177 Å². The first-order valence-corrected chi connectivity index (χ1v) is 9.77. The molecule has 1 unspecified atom stereocenters. The molecule has 1 aromatic rings. The van der Waals surface area contributed by atoms with Gasteiger partial charge in [0.1, 0.15) is 0 Å². The lowest BCUT2D eigenvalue weighted by Gasteiger charge is -2.21. The Morgan fingerprint density at radius 3 is 2.54 bits per heavy atom. The molecule has 1 heterocycles. The molecule has 0 amide bonds. The van der Waals surface area contributed by atoms with Gasteiger partial charge >= 0.3 is 0 Å². The lowest BCUT2D eigenvalue weighted by atomic mass is 10.2. The summed E-state index contributed by atoms with van der Waals surface area (Å²) in [4.78, 5) is 11.5. The van der Waals surface area contributed by atoms with Crippen LogP contribution in [-0.4, -0.2) is 54.6 Å². The molecule has 1 rings (SSSR count). The highest BCUT2D eigenvalue weighted by molar-refractivity contribution is 14.0. The number of guanidine groups is 1. The molecule has 1 atom stereocenters. The van der Waals surface area contributed by atoms with E-state index in [0.29, 0.717) is 6.04 Å². The minimum absolute atomic E-state index is 0. The monoisotopic (exact) mass is 475 g/mol. The third-order valence-corrected chi connectivity index (χ3v) is 4.38. The van der Waals surface area contributed by atoms with Crippen LogP contribution in [0.4, 0.5) is 0 Å². The summed E-state index contributed by atoms with van der Waals surface area (Å²) in [5.41, 5.74) is 2.29. The predicted molar refractivity (Wildman–Crippen MR) is 124 cm³/mol. The van der Waals surface area contributed by atoms with E-state index < -0.39 is 0 Å². The number of hydrogen-bond acceptors (Lipinski definition) is 3. The van der Waals surface area contributed by atoms with Gasteiger partial charge in [0.2, 0.25) is 0 Å². The third-order valence-electron chi connectivity index (χ3n) is 4.38. The molecule has 150 valence electrons. The number of aryl methyl sites for hydroxylation is 1. The number of nitrogens with one attached hydrogen (secondary N) is 2. The van der Waals surface area contributed by atoms with Crippen LogP contribution in [0.3, 0.4) is 0 Å². The predicted octanol–water partition coefficient (Wildman–Crippen LogP) is 3.62. The Morgan fingerprint density at radius 2 is 1.96 bits per heavy atom. The van der Waals surface area contributed by atoms with Crippen LogP contribution in [0.5, 0.6) is 0 Å². The molecule has 0 fully saturated rings. The van der Waals surface area contributed by atoms with Gasteiger partial charge in [-0.25, -0.2) is 0 Å². The van der Waals surface area contributed by atoms with Gasteiger partial charge in [0.05, 0.1) is 0 Å². The van der Waals surface area contributed by atoms with Crippen LogP contribution in [-0.2, 0) is 6.42 Å². The number of hydrogen-bond donors (Lipinski definition) is 2. The highest BCUT2D eigenvalue weighted by Crippen LogP contribution is 2.02. The van der Waals surface area contributed by atoms with Gasteiger partial charge in [-0.1, -0.05) is 19.9 Å². The van der Waals surface area contributed by atoms with Crippen molar-refractivity contribution in [3.63, 3.8) is 0 Å². The van der Waals surface area contributed by atoms with Gasteiger partial charge in [-0.2, -0.15) is 0 Å². The standard InChI is InChI=1S/C20H37N5.HI/c1-6-21-20(22-14-13-19-12-11-17(4)23-16-19)24-18(5)10-9-15-25(7-2)8-3;/h11-12,16,18H,6-10,13-15H2,1-5H3,(H2,21,22,24);1H. The van der Waals surface area contributed by atoms with E-state index in [1.165, 1.54) is 18.5 Å². The minimum atomic E-state index is 0. The molecule has 0 aromatic carbocycles. The van der Waals surface area contributed by atoms with Gasteiger partial charge < -0.3 is 15.5 Å². The zero-order chi connectivity index (χ0) is 18.5. The van der Waals surface area contributed by atoms with Crippen molar-refractivity contribution < 1.29 is 0 Å². The molecule has 0 aliphatic heterocycles.